The lowest BCUT2D eigenvalue weighted by atomic mass is 10.1. The average Bonchev–Trinajstić information content (AvgIpc) is 2.85. The van der Waals surface area contributed by atoms with Gasteiger partial charge < -0.3 is 5.32 Å². The Bertz CT molecular complexity index is 132. The van der Waals surface area contributed by atoms with Crippen molar-refractivity contribution in [2.75, 3.05) is 19.3 Å². The van der Waals surface area contributed by atoms with Crippen molar-refractivity contribution >= 4 is 11.8 Å². The second-order valence-electron chi connectivity index (χ2n) is 4.03. The molecule has 1 aliphatic carbocycles. The zero-order valence-electron chi connectivity index (χ0n) is 8.52. The Morgan fingerprint density at radius 3 is 2.58 bits per heavy atom. The first kappa shape index (κ1) is 10.4. The molecule has 12 heavy (non-hydrogen) atoms. The number of nitrogens with one attached hydrogen (secondary N) is 1. The summed E-state index contributed by atoms with van der Waals surface area (Å²) in [5.74, 6) is 0.836. The van der Waals surface area contributed by atoms with Crippen molar-refractivity contribution < 1.29 is 0 Å². The summed E-state index contributed by atoms with van der Waals surface area (Å²) < 4.78 is 0.632. The lowest BCUT2D eigenvalue weighted by Gasteiger charge is -2.15. The lowest BCUT2D eigenvalue weighted by Crippen LogP contribution is -2.29. The van der Waals surface area contributed by atoms with Crippen LogP contribution in [-0.2, 0) is 0 Å². The van der Waals surface area contributed by atoms with Crippen LogP contribution in [0.3, 0.4) is 0 Å². The Labute approximate surface area is 80.7 Å². The van der Waals surface area contributed by atoms with E-state index in [-0.39, 0.29) is 0 Å². The molecule has 1 aliphatic rings. The number of rotatable bonds is 6. The van der Waals surface area contributed by atoms with Gasteiger partial charge in [0.25, 0.3) is 0 Å². The molecule has 0 amide bonds. The highest BCUT2D eigenvalue weighted by Crippen LogP contribution is 2.46. The van der Waals surface area contributed by atoms with Crippen molar-refractivity contribution in [3.63, 3.8) is 0 Å². The van der Waals surface area contributed by atoms with E-state index < -0.39 is 0 Å². The smallest absolute Gasteiger partial charge is 0.0282 e. The lowest BCUT2D eigenvalue weighted by molar-refractivity contribution is 0.497. The summed E-state index contributed by atoms with van der Waals surface area (Å²) in [6, 6.07) is 0. The second-order valence-corrected chi connectivity index (χ2v) is 5.31. The molecule has 0 bridgehead atoms. The van der Waals surface area contributed by atoms with Gasteiger partial charge >= 0.3 is 0 Å². The molecule has 0 aromatic carbocycles. The molecule has 0 spiro atoms. The van der Waals surface area contributed by atoms with Gasteiger partial charge in [0.2, 0.25) is 0 Å². The molecular formula is C10H21NS. The molecule has 1 atom stereocenters. The van der Waals surface area contributed by atoms with Crippen LogP contribution in [-0.4, -0.2) is 24.1 Å². The van der Waals surface area contributed by atoms with Crippen molar-refractivity contribution in [1.82, 2.24) is 5.32 Å². The van der Waals surface area contributed by atoms with Crippen molar-refractivity contribution in [1.29, 1.82) is 0 Å². The monoisotopic (exact) mass is 187 g/mol. The minimum atomic E-state index is 0.632. The van der Waals surface area contributed by atoms with Gasteiger partial charge in [0.1, 0.15) is 0 Å². The van der Waals surface area contributed by atoms with Crippen LogP contribution >= 0.6 is 11.8 Å². The molecule has 1 unspecified atom stereocenters. The van der Waals surface area contributed by atoms with Crippen LogP contribution in [0.4, 0.5) is 0 Å². The molecule has 1 saturated carbocycles. The van der Waals surface area contributed by atoms with Gasteiger partial charge in [-0.05, 0) is 31.6 Å². The summed E-state index contributed by atoms with van der Waals surface area (Å²) in [5.41, 5.74) is 0. The summed E-state index contributed by atoms with van der Waals surface area (Å²) >= 11 is 2.03. The van der Waals surface area contributed by atoms with E-state index in [0.29, 0.717) is 4.75 Å². The Kier molecular flexibility index (Phi) is 3.91. The summed E-state index contributed by atoms with van der Waals surface area (Å²) in [6.07, 6.45) is 6.36. The van der Waals surface area contributed by atoms with Crippen molar-refractivity contribution in [2.45, 2.75) is 37.9 Å². The topological polar surface area (TPSA) is 12.0 Å². The normalized spacial score (nSPS) is 22.2. The molecule has 1 fully saturated rings. The zero-order valence-corrected chi connectivity index (χ0v) is 9.34. The van der Waals surface area contributed by atoms with Crippen LogP contribution in [0.25, 0.3) is 0 Å². The first-order valence-electron chi connectivity index (χ1n) is 4.98. The second kappa shape index (κ2) is 4.52. The fourth-order valence-corrected chi connectivity index (χ4v) is 2.04. The highest BCUT2D eigenvalue weighted by Gasteiger charge is 2.41. The fraction of sp³-hybridized carbons (Fsp3) is 1.00. The molecule has 0 saturated heterocycles. The van der Waals surface area contributed by atoms with Crippen molar-refractivity contribution in [3.05, 3.63) is 0 Å². The van der Waals surface area contributed by atoms with Crippen LogP contribution in [0, 0.1) is 5.92 Å². The molecular weight excluding hydrogens is 166 g/mol. The van der Waals surface area contributed by atoms with Gasteiger partial charge in [0, 0.05) is 11.3 Å². The highest BCUT2D eigenvalue weighted by atomic mass is 32.2. The Hall–Kier alpha value is 0.310. The summed E-state index contributed by atoms with van der Waals surface area (Å²) in [4.78, 5) is 0. The van der Waals surface area contributed by atoms with Gasteiger partial charge in [-0.1, -0.05) is 20.3 Å². The van der Waals surface area contributed by atoms with E-state index >= 15 is 0 Å². The third-order valence-corrected chi connectivity index (χ3v) is 4.30. The number of hydrogen-bond donors (Lipinski definition) is 1. The average molecular weight is 187 g/mol. The predicted octanol–water partition coefficient (Wildman–Crippen LogP) is 2.52. The Morgan fingerprint density at radius 2 is 2.17 bits per heavy atom. The van der Waals surface area contributed by atoms with Crippen molar-refractivity contribution in [2.24, 2.45) is 5.92 Å². The zero-order chi connectivity index (χ0) is 9.03. The minimum absolute atomic E-state index is 0.632. The fourth-order valence-electron chi connectivity index (χ4n) is 1.28. The van der Waals surface area contributed by atoms with Gasteiger partial charge in [-0.15, -0.1) is 0 Å². The van der Waals surface area contributed by atoms with Crippen LogP contribution in [0.1, 0.15) is 33.1 Å². The Morgan fingerprint density at radius 1 is 1.50 bits per heavy atom. The highest BCUT2D eigenvalue weighted by molar-refractivity contribution is 8.00. The molecule has 0 heterocycles. The number of hydrogen-bond acceptors (Lipinski definition) is 2. The van der Waals surface area contributed by atoms with Gasteiger partial charge in [-0.25, -0.2) is 0 Å². The molecule has 0 radical (unpaired) electrons. The van der Waals surface area contributed by atoms with Crippen LogP contribution in [0.2, 0.25) is 0 Å². The van der Waals surface area contributed by atoms with Crippen LogP contribution in [0.15, 0.2) is 0 Å². The quantitative estimate of drug-likeness (QED) is 0.686. The largest absolute Gasteiger partial charge is 0.315 e. The molecule has 1 N–H and O–H groups in total. The van der Waals surface area contributed by atoms with E-state index in [4.69, 9.17) is 0 Å². The molecule has 0 aliphatic heterocycles. The standard InChI is InChI=1S/C10H21NS/c1-4-9(2)7-11-8-10(12-3)5-6-10/h9,11H,4-8H2,1-3H3. The predicted molar refractivity (Wildman–Crippen MR) is 57.8 cm³/mol. The maximum Gasteiger partial charge on any atom is 0.0282 e. The molecule has 1 rings (SSSR count). The van der Waals surface area contributed by atoms with E-state index in [1.54, 1.807) is 0 Å². The first-order valence-corrected chi connectivity index (χ1v) is 6.21. The maximum atomic E-state index is 3.57. The van der Waals surface area contributed by atoms with E-state index in [1.807, 2.05) is 11.8 Å². The van der Waals surface area contributed by atoms with Gasteiger partial charge in [0.05, 0.1) is 0 Å². The number of thioether (sulfide) groups is 1. The third-order valence-electron chi connectivity index (χ3n) is 2.88. The summed E-state index contributed by atoms with van der Waals surface area (Å²) in [6.45, 7) is 6.98. The van der Waals surface area contributed by atoms with Crippen LogP contribution < -0.4 is 5.32 Å². The van der Waals surface area contributed by atoms with E-state index in [2.05, 4.69) is 25.4 Å². The third kappa shape index (κ3) is 2.98. The van der Waals surface area contributed by atoms with Crippen LogP contribution in [0.5, 0.6) is 0 Å². The molecule has 0 aromatic heterocycles. The molecule has 2 heteroatoms. The van der Waals surface area contributed by atoms with E-state index in [9.17, 15) is 0 Å². The minimum Gasteiger partial charge on any atom is -0.315 e. The molecule has 72 valence electrons. The first-order chi connectivity index (χ1) is 5.72. The Balaban J connectivity index is 2.02. The SMILES string of the molecule is CCC(C)CNCC1(SC)CC1. The van der Waals surface area contributed by atoms with E-state index in [1.165, 1.54) is 32.4 Å². The summed E-state index contributed by atoms with van der Waals surface area (Å²) in [5, 5.41) is 3.57. The maximum absolute atomic E-state index is 3.57. The molecule has 1 nitrogen and oxygen atoms in total. The van der Waals surface area contributed by atoms with Gasteiger partial charge in [0.15, 0.2) is 0 Å². The van der Waals surface area contributed by atoms with Gasteiger partial charge in [-0.2, -0.15) is 11.8 Å². The van der Waals surface area contributed by atoms with Crippen molar-refractivity contribution in [3.8, 4) is 0 Å². The van der Waals surface area contributed by atoms with Gasteiger partial charge in [-0.3, -0.25) is 0 Å². The van der Waals surface area contributed by atoms with E-state index in [0.717, 1.165) is 5.92 Å². The molecule has 0 aromatic rings. The summed E-state index contributed by atoms with van der Waals surface area (Å²) in [7, 11) is 0.